The minimum Gasteiger partial charge on any atom is -0.497 e. The Labute approximate surface area is 162 Å². The van der Waals surface area contributed by atoms with Crippen molar-refractivity contribution >= 4 is 5.91 Å². The van der Waals surface area contributed by atoms with E-state index in [1.54, 1.807) is 31.6 Å². The van der Waals surface area contributed by atoms with Gasteiger partial charge in [-0.2, -0.15) is 5.10 Å². The number of aromatic nitrogens is 2. The Morgan fingerprint density at radius 3 is 2.68 bits per heavy atom. The van der Waals surface area contributed by atoms with Crippen molar-refractivity contribution in [1.82, 2.24) is 15.5 Å². The molecule has 1 amide bonds. The molecule has 6 heteroatoms. The van der Waals surface area contributed by atoms with Gasteiger partial charge < -0.3 is 14.5 Å². The maximum Gasteiger partial charge on any atom is 0.251 e. The number of carbonyl (C=O) groups is 1. The predicted molar refractivity (Wildman–Crippen MR) is 106 cm³/mol. The summed E-state index contributed by atoms with van der Waals surface area (Å²) in [5.74, 6) is 1.35. The topological polar surface area (TPSA) is 80.1 Å². The fourth-order valence-corrected chi connectivity index (χ4v) is 2.88. The predicted octanol–water partition coefficient (Wildman–Crippen LogP) is 4.28. The molecule has 0 saturated heterocycles. The average molecular weight is 373 g/mol. The molecule has 4 aromatic rings. The zero-order valence-corrected chi connectivity index (χ0v) is 15.3. The highest BCUT2D eigenvalue weighted by atomic mass is 16.5. The Morgan fingerprint density at radius 1 is 1.07 bits per heavy atom. The molecule has 0 atom stereocenters. The molecule has 0 spiro atoms. The third kappa shape index (κ3) is 3.81. The van der Waals surface area contributed by atoms with Gasteiger partial charge in [-0.3, -0.25) is 9.89 Å². The van der Waals surface area contributed by atoms with Crippen molar-refractivity contribution in [2.24, 2.45) is 0 Å². The van der Waals surface area contributed by atoms with Crippen molar-refractivity contribution in [2.45, 2.75) is 6.54 Å². The van der Waals surface area contributed by atoms with E-state index in [1.165, 1.54) is 0 Å². The third-order valence-corrected chi connectivity index (χ3v) is 4.40. The summed E-state index contributed by atoms with van der Waals surface area (Å²) in [6.45, 7) is 0.359. The van der Waals surface area contributed by atoms with Crippen molar-refractivity contribution in [3.05, 3.63) is 84.3 Å². The Hall–Kier alpha value is -3.80. The molecule has 0 radical (unpaired) electrons. The number of nitrogens with zero attached hydrogens (tertiary/aromatic N) is 1. The first-order valence-electron chi connectivity index (χ1n) is 8.84. The number of hydrogen-bond donors (Lipinski definition) is 2. The van der Waals surface area contributed by atoms with Gasteiger partial charge in [-0.15, -0.1) is 0 Å². The van der Waals surface area contributed by atoms with Crippen molar-refractivity contribution in [1.29, 1.82) is 0 Å². The van der Waals surface area contributed by atoms with E-state index in [2.05, 4.69) is 15.5 Å². The number of furan rings is 1. The quantitative estimate of drug-likeness (QED) is 0.529. The van der Waals surface area contributed by atoms with Crippen LogP contribution in [0.2, 0.25) is 0 Å². The second-order valence-electron chi connectivity index (χ2n) is 6.24. The molecule has 0 aliphatic rings. The van der Waals surface area contributed by atoms with E-state index in [0.717, 1.165) is 28.3 Å². The van der Waals surface area contributed by atoms with Gasteiger partial charge in [0.2, 0.25) is 0 Å². The lowest BCUT2D eigenvalue weighted by Gasteiger charge is -2.04. The molecule has 4 rings (SSSR count). The molecular weight excluding hydrogens is 354 g/mol. The molecule has 28 heavy (non-hydrogen) atoms. The molecule has 140 valence electrons. The highest BCUT2D eigenvalue weighted by Gasteiger charge is 2.09. The molecule has 0 aliphatic carbocycles. The van der Waals surface area contributed by atoms with Gasteiger partial charge in [0, 0.05) is 11.1 Å². The van der Waals surface area contributed by atoms with Gasteiger partial charge in [-0.25, -0.2) is 0 Å². The number of H-pyrrole nitrogens is 1. The largest absolute Gasteiger partial charge is 0.497 e. The lowest BCUT2D eigenvalue weighted by molar-refractivity contribution is 0.0948. The van der Waals surface area contributed by atoms with Gasteiger partial charge in [-0.1, -0.05) is 24.3 Å². The SMILES string of the molecule is COc1cccc(-c2cc(-c3ccc(C(=O)NCc4ccco4)cc3)[nH]n2)c1. The van der Waals surface area contributed by atoms with Crippen molar-refractivity contribution in [3.8, 4) is 28.3 Å². The molecule has 0 saturated carbocycles. The Bertz CT molecular complexity index is 1070. The molecule has 0 fully saturated rings. The first-order valence-corrected chi connectivity index (χ1v) is 8.84. The standard InChI is InChI=1S/C22H19N3O3/c1-27-18-5-2-4-17(12-18)21-13-20(24-25-21)15-7-9-16(10-8-15)22(26)23-14-19-6-3-11-28-19/h2-13H,14H2,1H3,(H,23,26)(H,24,25). The zero-order valence-electron chi connectivity index (χ0n) is 15.3. The Balaban J connectivity index is 1.46. The molecule has 6 nitrogen and oxygen atoms in total. The lowest BCUT2D eigenvalue weighted by atomic mass is 10.1. The summed E-state index contributed by atoms with van der Waals surface area (Å²) in [4.78, 5) is 12.3. The number of benzene rings is 2. The van der Waals surface area contributed by atoms with Crippen LogP contribution < -0.4 is 10.1 Å². The molecule has 0 aliphatic heterocycles. The van der Waals surface area contributed by atoms with Gasteiger partial charge in [-0.05, 0) is 48.0 Å². The summed E-state index contributed by atoms with van der Waals surface area (Å²) in [5.41, 5.74) is 4.21. The molecule has 2 heterocycles. The van der Waals surface area contributed by atoms with Gasteiger partial charge in [0.05, 0.1) is 31.3 Å². The second kappa shape index (κ2) is 7.84. The molecule has 2 aromatic carbocycles. The first-order chi connectivity index (χ1) is 13.7. The highest BCUT2D eigenvalue weighted by Crippen LogP contribution is 2.26. The number of hydrogen-bond acceptors (Lipinski definition) is 4. The van der Waals surface area contributed by atoms with E-state index in [-0.39, 0.29) is 5.91 Å². The van der Waals surface area contributed by atoms with E-state index in [9.17, 15) is 4.79 Å². The zero-order chi connectivity index (χ0) is 19.3. The summed E-state index contributed by atoms with van der Waals surface area (Å²) in [6, 6.07) is 20.7. The number of ether oxygens (including phenoxy) is 1. The van der Waals surface area contributed by atoms with Gasteiger partial charge in [0.25, 0.3) is 5.91 Å². The molecule has 0 unspecified atom stereocenters. The third-order valence-electron chi connectivity index (χ3n) is 4.40. The summed E-state index contributed by atoms with van der Waals surface area (Å²) in [5, 5.41) is 10.3. The minimum absolute atomic E-state index is 0.148. The maximum atomic E-state index is 12.3. The normalized spacial score (nSPS) is 10.6. The van der Waals surface area contributed by atoms with Crippen LogP contribution in [0.5, 0.6) is 5.75 Å². The van der Waals surface area contributed by atoms with Crippen LogP contribution >= 0.6 is 0 Å². The van der Waals surface area contributed by atoms with Gasteiger partial charge >= 0.3 is 0 Å². The fraction of sp³-hybridized carbons (Fsp3) is 0.0909. The van der Waals surface area contributed by atoms with Crippen molar-refractivity contribution in [3.63, 3.8) is 0 Å². The number of methoxy groups -OCH3 is 1. The number of amides is 1. The lowest BCUT2D eigenvalue weighted by Crippen LogP contribution is -2.22. The van der Waals surface area contributed by atoms with Crippen LogP contribution in [0.25, 0.3) is 22.5 Å². The van der Waals surface area contributed by atoms with Gasteiger partial charge in [0.15, 0.2) is 0 Å². The van der Waals surface area contributed by atoms with E-state index >= 15 is 0 Å². The number of rotatable bonds is 6. The highest BCUT2D eigenvalue weighted by molar-refractivity contribution is 5.94. The van der Waals surface area contributed by atoms with Crippen molar-refractivity contribution in [2.75, 3.05) is 7.11 Å². The first kappa shape index (κ1) is 17.6. The number of aromatic amines is 1. The smallest absolute Gasteiger partial charge is 0.251 e. The summed E-state index contributed by atoms with van der Waals surface area (Å²) in [7, 11) is 1.64. The van der Waals surface area contributed by atoms with E-state index in [0.29, 0.717) is 17.9 Å². The summed E-state index contributed by atoms with van der Waals surface area (Å²) < 4.78 is 10.5. The van der Waals surface area contributed by atoms with Crippen LogP contribution in [0.1, 0.15) is 16.1 Å². The minimum atomic E-state index is -0.148. The van der Waals surface area contributed by atoms with Crippen molar-refractivity contribution < 1.29 is 13.9 Å². The fourth-order valence-electron chi connectivity index (χ4n) is 2.88. The number of nitrogens with one attached hydrogen (secondary N) is 2. The molecule has 0 bridgehead atoms. The summed E-state index contributed by atoms with van der Waals surface area (Å²) in [6.07, 6.45) is 1.58. The summed E-state index contributed by atoms with van der Waals surface area (Å²) >= 11 is 0. The molecular formula is C22H19N3O3. The monoisotopic (exact) mass is 373 g/mol. The van der Waals surface area contributed by atoms with E-state index in [1.807, 2.05) is 48.5 Å². The Kier molecular flexibility index (Phi) is 4.93. The number of carbonyl (C=O) groups excluding carboxylic acids is 1. The van der Waals surface area contributed by atoms with Crippen LogP contribution in [0.3, 0.4) is 0 Å². The maximum absolute atomic E-state index is 12.3. The van der Waals surface area contributed by atoms with Crippen LogP contribution in [0, 0.1) is 0 Å². The van der Waals surface area contributed by atoms with Crippen LogP contribution in [-0.4, -0.2) is 23.2 Å². The Morgan fingerprint density at radius 2 is 1.93 bits per heavy atom. The van der Waals surface area contributed by atoms with Crippen LogP contribution in [0.4, 0.5) is 0 Å². The molecule has 2 N–H and O–H groups in total. The van der Waals surface area contributed by atoms with Crippen LogP contribution in [0.15, 0.2) is 77.4 Å². The average Bonchev–Trinajstić information content (AvgIpc) is 3.44. The van der Waals surface area contributed by atoms with Crippen LogP contribution in [-0.2, 0) is 6.54 Å². The second-order valence-corrected chi connectivity index (χ2v) is 6.24. The molecule has 2 aromatic heterocycles. The van der Waals surface area contributed by atoms with Gasteiger partial charge in [0.1, 0.15) is 11.5 Å². The van der Waals surface area contributed by atoms with E-state index in [4.69, 9.17) is 9.15 Å². The van der Waals surface area contributed by atoms with E-state index < -0.39 is 0 Å².